The van der Waals surface area contributed by atoms with Crippen molar-refractivity contribution < 1.29 is 0 Å². The van der Waals surface area contributed by atoms with Gasteiger partial charge in [-0.25, -0.2) is 4.98 Å². The third-order valence-corrected chi connectivity index (χ3v) is 3.96. The number of benzene rings is 1. The summed E-state index contributed by atoms with van der Waals surface area (Å²) in [7, 11) is 0. The van der Waals surface area contributed by atoms with Crippen LogP contribution in [0, 0.1) is 6.92 Å². The third-order valence-electron chi connectivity index (χ3n) is 3.43. The van der Waals surface area contributed by atoms with Crippen molar-refractivity contribution in [2.75, 3.05) is 6.54 Å². The molecule has 0 aliphatic heterocycles. The highest BCUT2D eigenvalue weighted by atomic mass is 79.9. The Bertz CT molecular complexity index is 744. The van der Waals surface area contributed by atoms with Crippen molar-refractivity contribution in [1.82, 2.24) is 9.38 Å². The Morgan fingerprint density at radius 3 is 2.60 bits per heavy atom. The van der Waals surface area contributed by atoms with Gasteiger partial charge in [-0.3, -0.25) is 0 Å². The lowest BCUT2D eigenvalue weighted by Gasteiger charge is -2.06. The van der Waals surface area contributed by atoms with E-state index in [0.29, 0.717) is 6.54 Å². The average Bonchev–Trinajstić information content (AvgIpc) is 2.80. The first-order valence-corrected chi connectivity index (χ1v) is 7.43. The van der Waals surface area contributed by atoms with Crippen LogP contribution < -0.4 is 5.73 Å². The van der Waals surface area contributed by atoms with Crippen molar-refractivity contribution in [3.63, 3.8) is 0 Å². The summed E-state index contributed by atoms with van der Waals surface area (Å²) in [6.07, 6.45) is 0.817. The summed E-state index contributed by atoms with van der Waals surface area (Å²) in [5, 5.41) is 0. The molecule has 4 heteroatoms. The molecule has 0 fully saturated rings. The maximum absolute atomic E-state index is 5.78. The van der Waals surface area contributed by atoms with Crippen LogP contribution in [0.4, 0.5) is 0 Å². The number of hydrogen-bond donors (Lipinski definition) is 1. The minimum absolute atomic E-state index is 0.617. The van der Waals surface area contributed by atoms with Crippen LogP contribution >= 0.6 is 15.9 Å². The van der Waals surface area contributed by atoms with Gasteiger partial charge < -0.3 is 10.1 Å². The molecule has 0 radical (unpaired) electrons. The van der Waals surface area contributed by atoms with Crippen LogP contribution in [0.3, 0.4) is 0 Å². The van der Waals surface area contributed by atoms with E-state index in [2.05, 4.69) is 45.5 Å². The summed E-state index contributed by atoms with van der Waals surface area (Å²) in [5.41, 5.74) is 11.3. The summed E-state index contributed by atoms with van der Waals surface area (Å²) >= 11 is 3.47. The zero-order valence-corrected chi connectivity index (χ0v) is 12.9. The minimum Gasteiger partial charge on any atom is -0.330 e. The van der Waals surface area contributed by atoms with Gasteiger partial charge in [0.1, 0.15) is 5.65 Å². The van der Waals surface area contributed by atoms with E-state index in [1.54, 1.807) is 0 Å². The lowest BCUT2D eigenvalue weighted by atomic mass is 10.1. The second kappa shape index (κ2) is 5.38. The van der Waals surface area contributed by atoms with Crippen LogP contribution in [-0.4, -0.2) is 15.9 Å². The van der Waals surface area contributed by atoms with E-state index in [-0.39, 0.29) is 0 Å². The second-order valence-electron chi connectivity index (χ2n) is 4.81. The molecule has 0 aliphatic carbocycles. The van der Waals surface area contributed by atoms with E-state index in [1.165, 1.54) is 11.4 Å². The van der Waals surface area contributed by atoms with Gasteiger partial charge in [0.2, 0.25) is 0 Å². The summed E-state index contributed by atoms with van der Waals surface area (Å²) in [5.74, 6) is 0. The summed E-state index contributed by atoms with van der Waals surface area (Å²) in [6.45, 7) is 2.71. The number of rotatable bonds is 3. The van der Waals surface area contributed by atoms with Crippen molar-refractivity contribution in [2.45, 2.75) is 13.3 Å². The van der Waals surface area contributed by atoms with E-state index in [1.807, 2.05) is 24.3 Å². The molecule has 102 valence electrons. The first kappa shape index (κ1) is 13.3. The van der Waals surface area contributed by atoms with E-state index in [0.717, 1.165) is 27.8 Å². The standard InChI is InChI=1S/C16H16BrN3/c1-11-3-2-4-15-19-16(14(9-10-18)20(11)15)12-5-7-13(17)8-6-12/h2-8H,9-10,18H2,1H3. The molecule has 0 saturated heterocycles. The van der Waals surface area contributed by atoms with E-state index in [9.17, 15) is 0 Å². The van der Waals surface area contributed by atoms with Gasteiger partial charge in [0.25, 0.3) is 0 Å². The second-order valence-corrected chi connectivity index (χ2v) is 5.73. The molecule has 2 N–H and O–H groups in total. The molecule has 0 amide bonds. The molecule has 3 aromatic rings. The number of aryl methyl sites for hydroxylation is 1. The fourth-order valence-electron chi connectivity index (χ4n) is 2.53. The fraction of sp³-hybridized carbons (Fsp3) is 0.188. The van der Waals surface area contributed by atoms with Crippen LogP contribution in [-0.2, 0) is 6.42 Å². The molecule has 0 saturated carbocycles. The maximum atomic E-state index is 5.78. The molecule has 0 aliphatic rings. The fourth-order valence-corrected chi connectivity index (χ4v) is 2.80. The van der Waals surface area contributed by atoms with Gasteiger partial charge in [-0.1, -0.05) is 34.1 Å². The first-order chi connectivity index (χ1) is 9.70. The molecule has 0 unspecified atom stereocenters. The minimum atomic E-state index is 0.617. The molecule has 1 aromatic carbocycles. The van der Waals surface area contributed by atoms with Crippen molar-refractivity contribution >= 4 is 21.6 Å². The van der Waals surface area contributed by atoms with E-state index >= 15 is 0 Å². The lowest BCUT2D eigenvalue weighted by Crippen LogP contribution is -2.07. The third kappa shape index (κ3) is 2.25. The molecular formula is C16H16BrN3. The van der Waals surface area contributed by atoms with Crippen molar-refractivity contribution in [1.29, 1.82) is 0 Å². The number of hydrogen-bond acceptors (Lipinski definition) is 2. The van der Waals surface area contributed by atoms with Gasteiger partial charge >= 0.3 is 0 Å². The summed E-state index contributed by atoms with van der Waals surface area (Å²) < 4.78 is 3.27. The quantitative estimate of drug-likeness (QED) is 0.798. The van der Waals surface area contributed by atoms with Gasteiger partial charge in [0.15, 0.2) is 0 Å². The highest BCUT2D eigenvalue weighted by Crippen LogP contribution is 2.27. The normalized spacial score (nSPS) is 11.2. The van der Waals surface area contributed by atoms with Crippen LogP contribution in [0.15, 0.2) is 46.9 Å². The Morgan fingerprint density at radius 1 is 1.15 bits per heavy atom. The Morgan fingerprint density at radius 2 is 1.90 bits per heavy atom. The first-order valence-electron chi connectivity index (χ1n) is 6.63. The summed E-state index contributed by atoms with van der Waals surface area (Å²) in [6, 6.07) is 14.4. The molecule has 0 spiro atoms. The van der Waals surface area contributed by atoms with Crippen LogP contribution in [0.5, 0.6) is 0 Å². The SMILES string of the molecule is Cc1cccc2nc(-c3ccc(Br)cc3)c(CCN)n12. The molecular weight excluding hydrogens is 314 g/mol. The van der Waals surface area contributed by atoms with E-state index in [4.69, 9.17) is 10.7 Å². The highest BCUT2D eigenvalue weighted by Gasteiger charge is 2.14. The predicted octanol–water partition coefficient (Wildman–Crippen LogP) is 3.57. The zero-order valence-electron chi connectivity index (χ0n) is 11.3. The van der Waals surface area contributed by atoms with Gasteiger partial charge in [-0.15, -0.1) is 0 Å². The van der Waals surface area contributed by atoms with Crippen LogP contribution in [0.25, 0.3) is 16.9 Å². The van der Waals surface area contributed by atoms with Crippen LogP contribution in [0.2, 0.25) is 0 Å². The number of nitrogens with zero attached hydrogens (tertiary/aromatic N) is 2. The number of pyridine rings is 1. The lowest BCUT2D eigenvalue weighted by molar-refractivity contribution is 0.892. The van der Waals surface area contributed by atoms with Crippen molar-refractivity contribution in [3.05, 3.63) is 58.3 Å². The predicted molar refractivity (Wildman–Crippen MR) is 85.8 cm³/mol. The van der Waals surface area contributed by atoms with Gasteiger partial charge in [0.05, 0.1) is 11.4 Å². The average molecular weight is 330 g/mol. The topological polar surface area (TPSA) is 43.3 Å². The summed E-state index contributed by atoms with van der Waals surface area (Å²) in [4.78, 5) is 4.78. The number of halogens is 1. The number of imidazole rings is 1. The number of fused-ring (bicyclic) bond motifs is 1. The smallest absolute Gasteiger partial charge is 0.137 e. The molecule has 20 heavy (non-hydrogen) atoms. The van der Waals surface area contributed by atoms with Gasteiger partial charge in [-0.2, -0.15) is 0 Å². The van der Waals surface area contributed by atoms with Gasteiger partial charge in [0, 0.05) is 22.2 Å². The Labute approximate surface area is 126 Å². The van der Waals surface area contributed by atoms with Crippen molar-refractivity contribution in [2.24, 2.45) is 5.73 Å². The molecule has 2 aromatic heterocycles. The zero-order chi connectivity index (χ0) is 14.1. The number of nitrogens with two attached hydrogens (primary N) is 1. The highest BCUT2D eigenvalue weighted by molar-refractivity contribution is 9.10. The Hall–Kier alpha value is -1.65. The van der Waals surface area contributed by atoms with E-state index < -0.39 is 0 Å². The molecule has 2 heterocycles. The molecule has 3 rings (SSSR count). The van der Waals surface area contributed by atoms with Crippen LogP contribution in [0.1, 0.15) is 11.4 Å². The maximum Gasteiger partial charge on any atom is 0.137 e. The Kier molecular flexibility index (Phi) is 3.59. The monoisotopic (exact) mass is 329 g/mol. The van der Waals surface area contributed by atoms with Gasteiger partial charge in [-0.05, 0) is 37.7 Å². The van der Waals surface area contributed by atoms with Crippen molar-refractivity contribution in [3.8, 4) is 11.3 Å². The molecule has 0 atom stereocenters. The largest absolute Gasteiger partial charge is 0.330 e. The number of aromatic nitrogens is 2. The molecule has 0 bridgehead atoms. The molecule has 3 nitrogen and oxygen atoms in total. The Balaban J connectivity index is 2.26.